The second kappa shape index (κ2) is 8.96. The number of pyridine rings is 1. The summed E-state index contributed by atoms with van der Waals surface area (Å²) in [6.45, 7) is 11.9. The van der Waals surface area contributed by atoms with Gasteiger partial charge in [-0.1, -0.05) is 26.7 Å². The lowest BCUT2D eigenvalue weighted by molar-refractivity contribution is 0.663. The Balaban J connectivity index is 3.07. The summed E-state index contributed by atoms with van der Waals surface area (Å²) in [7, 11) is 2.01. The summed E-state index contributed by atoms with van der Waals surface area (Å²) in [4.78, 5) is 7.33. The third-order valence-corrected chi connectivity index (χ3v) is 3.67. The minimum atomic E-state index is 0.892. The molecule has 1 heterocycles. The van der Waals surface area contributed by atoms with E-state index >= 15 is 0 Å². The van der Waals surface area contributed by atoms with Crippen LogP contribution in [-0.2, 0) is 6.54 Å². The molecule has 0 spiro atoms. The first kappa shape index (κ1) is 17.0. The molecule has 1 rings (SSSR count). The molecule has 20 heavy (non-hydrogen) atoms. The van der Waals surface area contributed by atoms with Gasteiger partial charge in [0.15, 0.2) is 0 Å². The largest absolute Gasteiger partial charge is 0.356 e. The third kappa shape index (κ3) is 4.78. The molecule has 0 unspecified atom stereocenters. The molecule has 0 saturated carbocycles. The van der Waals surface area contributed by atoms with Crippen LogP contribution in [0.5, 0.6) is 0 Å². The van der Waals surface area contributed by atoms with Crippen LogP contribution in [0.1, 0.15) is 56.4 Å². The normalized spacial score (nSPS) is 10.8. The highest BCUT2D eigenvalue weighted by atomic mass is 15.2. The molecule has 3 nitrogen and oxygen atoms in total. The fourth-order valence-electron chi connectivity index (χ4n) is 2.52. The molecule has 0 aliphatic heterocycles. The Morgan fingerprint density at radius 3 is 2.20 bits per heavy atom. The molecule has 114 valence electrons. The molecule has 1 aromatic rings. The maximum atomic E-state index is 4.84. The second-order valence-corrected chi connectivity index (χ2v) is 5.61. The predicted molar refractivity (Wildman–Crippen MR) is 88.5 cm³/mol. The quantitative estimate of drug-likeness (QED) is 0.743. The van der Waals surface area contributed by atoms with Crippen LogP contribution in [0.2, 0.25) is 0 Å². The van der Waals surface area contributed by atoms with Gasteiger partial charge in [0.05, 0.1) is 0 Å². The van der Waals surface area contributed by atoms with Gasteiger partial charge in [0, 0.05) is 30.9 Å². The number of aromatic nitrogens is 1. The minimum absolute atomic E-state index is 0.892. The Labute approximate surface area is 124 Å². The molecule has 0 aliphatic carbocycles. The molecule has 0 radical (unpaired) electrons. The Bertz CT molecular complexity index is 393. The van der Waals surface area contributed by atoms with Crippen molar-refractivity contribution in [2.75, 3.05) is 25.0 Å². The summed E-state index contributed by atoms with van der Waals surface area (Å²) in [6, 6.07) is 2.19. The molecule has 0 fully saturated rings. The van der Waals surface area contributed by atoms with Crippen LogP contribution in [0.25, 0.3) is 0 Å². The van der Waals surface area contributed by atoms with Crippen LogP contribution in [-0.4, -0.2) is 25.1 Å². The highest BCUT2D eigenvalue weighted by Crippen LogP contribution is 2.23. The molecule has 0 aromatic carbocycles. The van der Waals surface area contributed by atoms with Crippen molar-refractivity contribution in [3.05, 3.63) is 22.9 Å². The van der Waals surface area contributed by atoms with Crippen molar-refractivity contribution in [3.8, 4) is 0 Å². The van der Waals surface area contributed by atoms with Gasteiger partial charge in [-0.05, 0) is 45.4 Å². The molecular weight excluding hydrogens is 246 g/mol. The molecular formula is C17H31N3. The van der Waals surface area contributed by atoms with Gasteiger partial charge in [-0.2, -0.15) is 0 Å². The van der Waals surface area contributed by atoms with Gasteiger partial charge in [-0.3, -0.25) is 0 Å². The molecule has 1 N–H and O–H groups in total. The van der Waals surface area contributed by atoms with E-state index in [0.29, 0.717) is 0 Å². The fraction of sp³-hybridized carbons (Fsp3) is 0.706. The lowest BCUT2D eigenvalue weighted by atomic mass is 10.1. The maximum absolute atomic E-state index is 4.84. The topological polar surface area (TPSA) is 28.2 Å². The van der Waals surface area contributed by atoms with E-state index in [0.717, 1.165) is 25.3 Å². The number of hydrogen-bond donors (Lipinski definition) is 1. The lowest BCUT2D eigenvalue weighted by Crippen LogP contribution is -2.29. The number of nitrogens with one attached hydrogen (secondary N) is 1. The van der Waals surface area contributed by atoms with Gasteiger partial charge >= 0.3 is 0 Å². The summed E-state index contributed by atoms with van der Waals surface area (Å²) < 4.78 is 0. The van der Waals surface area contributed by atoms with Crippen LogP contribution in [0, 0.1) is 13.8 Å². The first-order valence-corrected chi connectivity index (χ1v) is 8.00. The highest BCUT2D eigenvalue weighted by molar-refractivity contribution is 5.51. The minimum Gasteiger partial charge on any atom is -0.356 e. The summed E-state index contributed by atoms with van der Waals surface area (Å²) in [5.41, 5.74) is 3.82. The zero-order valence-electron chi connectivity index (χ0n) is 13.9. The molecule has 0 atom stereocenters. The average molecular weight is 277 g/mol. The summed E-state index contributed by atoms with van der Waals surface area (Å²) in [6.07, 6.45) is 4.93. The Morgan fingerprint density at radius 2 is 1.70 bits per heavy atom. The third-order valence-electron chi connectivity index (χ3n) is 3.67. The van der Waals surface area contributed by atoms with E-state index in [2.05, 4.69) is 44.0 Å². The summed E-state index contributed by atoms with van der Waals surface area (Å²) in [5, 5.41) is 3.29. The number of hydrogen-bond acceptors (Lipinski definition) is 3. The zero-order chi connectivity index (χ0) is 15.0. The standard InChI is InChI=1S/C17H31N3/c1-6-8-10-20(11-9-7-2)17-16(13-18-5)14(3)12-15(4)19-17/h12,18H,6-11,13H2,1-5H3. The van der Waals surface area contributed by atoms with Crippen LogP contribution < -0.4 is 10.2 Å². The van der Waals surface area contributed by atoms with Gasteiger partial charge in [0.2, 0.25) is 0 Å². The van der Waals surface area contributed by atoms with Crippen molar-refractivity contribution in [3.63, 3.8) is 0 Å². The van der Waals surface area contributed by atoms with Crippen molar-refractivity contribution >= 4 is 5.82 Å². The zero-order valence-corrected chi connectivity index (χ0v) is 13.9. The SMILES string of the molecule is CCCCN(CCCC)c1nc(C)cc(C)c1CNC. The Kier molecular flexibility index (Phi) is 7.60. The molecule has 0 saturated heterocycles. The smallest absolute Gasteiger partial charge is 0.133 e. The predicted octanol–water partition coefficient (Wildman–Crippen LogP) is 3.82. The molecule has 3 heteroatoms. The molecule has 0 bridgehead atoms. The maximum Gasteiger partial charge on any atom is 0.133 e. The Hall–Kier alpha value is -1.09. The van der Waals surface area contributed by atoms with Crippen molar-refractivity contribution in [2.45, 2.75) is 59.9 Å². The number of aryl methyl sites for hydroxylation is 2. The number of anilines is 1. The first-order valence-electron chi connectivity index (χ1n) is 8.00. The molecule has 1 aromatic heterocycles. The van der Waals surface area contributed by atoms with Crippen molar-refractivity contribution in [1.29, 1.82) is 0 Å². The van der Waals surface area contributed by atoms with Crippen LogP contribution in [0.3, 0.4) is 0 Å². The van der Waals surface area contributed by atoms with Crippen LogP contribution >= 0.6 is 0 Å². The lowest BCUT2D eigenvalue weighted by Gasteiger charge is -2.27. The van der Waals surface area contributed by atoms with Gasteiger partial charge in [0.1, 0.15) is 5.82 Å². The fourth-order valence-corrected chi connectivity index (χ4v) is 2.52. The van der Waals surface area contributed by atoms with E-state index in [1.165, 1.54) is 42.6 Å². The Morgan fingerprint density at radius 1 is 1.10 bits per heavy atom. The van der Waals surface area contributed by atoms with E-state index in [4.69, 9.17) is 4.98 Å². The average Bonchev–Trinajstić information content (AvgIpc) is 2.42. The summed E-state index contributed by atoms with van der Waals surface area (Å²) >= 11 is 0. The van der Waals surface area contributed by atoms with E-state index < -0.39 is 0 Å². The molecule has 0 amide bonds. The second-order valence-electron chi connectivity index (χ2n) is 5.61. The van der Waals surface area contributed by atoms with Gasteiger partial charge in [0.25, 0.3) is 0 Å². The van der Waals surface area contributed by atoms with E-state index in [1.54, 1.807) is 0 Å². The van der Waals surface area contributed by atoms with Gasteiger partial charge in [-0.15, -0.1) is 0 Å². The van der Waals surface area contributed by atoms with Crippen LogP contribution in [0.4, 0.5) is 5.82 Å². The monoisotopic (exact) mass is 277 g/mol. The highest BCUT2D eigenvalue weighted by Gasteiger charge is 2.14. The number of rotatable bonds is 9. The first-order chi connectivity index (χ1) is 9.63. The van der Waals surface area contributed by atoms with E-state index in [9.17, 15) is 0 Å². The van der Waals surface area contributed by atoms with Crippen molar-refractivity contribution in [2.24, 2.45) is 0 Å². The molecule has 0 aliphatic rings. The van der Waals surface area contributed by atoms with Crippen LogP contribution in [0.15, 0.2) is 6.07 Å². The van der Waals surface area contributed by atoms with E-state index in [-0.39, 0.29) is 0 Å². The number of nitrogens with zero attached hydrogens (tertiary/aromatic N) is 2. The van der Waals surface area contributed by atoms with Crippen molar-refractivity contribution < 1.29 is 0 Å². The number of unbranched alkanes of at least 4 members (excludes halogenated alkanes) is 2. The van der Waals surface area contributed by atoms with Gasteiger partial charge in [-0.25, -0.2) is 4.98 Å². The summed E-state index contributed by atoms with van der Waals surface area (Å²) in [5.74, 6) is 1.19. The van der Waals surface area contributed by atoms with Crippen molar-refractivity contribution in [1.82, 2.24) is 10.3 Å². The van der Waals surface area contributed by atoms with E-state index in [1.807, 2.05) is 7.05 Å². The van der Waals surface area contributed by atoms with Gasteiger partial charge < -0.3 is 10.2 Å².